The second-order valence-electron chi connectivity index (χ2n) is 6.83. The van der Waals surface area contributed by atoms with Crippen molar-refractivity contribution in [2.24, 2.45) is 0 Å². The van der Waals surface area contributed by atoms with Crippen LogP contribution in [0.25, 0.3) is 0 Å². The molecule has 0 aromatic rings. The van der Waals surface area contributed by atoms with Crippen LogP contribution in [0.4, 0.5) is 0 Å². The molecule has 0 unspecified atom stereocenters. The maximum Gasteiger partial charge on any atom is -0.0323 e. The minimum atomic E-state index is 1.32. The van der Waals surface area contributed by atoms with Crippen molar-refractivity contribution in [3.05, 3.63) is 11.6 Å². The maximum atomic E-state index is 2.50. The van der Waals surface area contributed by atoms with E-state index in [1.165, 1.54) is 103 Å². The van der Waals surface area contributed by atoms with Gasteiger partial charge in [-0.1, -0.05) is 103 Å². The van der Waals surface area contributed by atoms with E-state index in [-0.39, 0.29) is 0 Å². The summed E-state index contributed by atoms with van der Waals surface area (Å²) in [5.41, 5.74) is 1.63. The molecule has 0 spiro atoms. The molecule has 0 N–H and O–H groups in total. The summed E-state index contributed by atoms with van der Waals surface area (Å²) in [4.78, 5) is 0. The van der Waals surface area contributed by atoms with Crippen LogP contribution in [-0.2, 0) is 0 Å². The van der Waals surface area contributed by atoms with Crippen LogP contribution in [0.5, 0.6) is 0 Å². The van der Waals surface area contributed by atoms with Gasteiger partial charge in [0.2, 0.25) is 0 Å². The Balaban J connectivity index is 3.24. The fraction of sp³-hybridized carbons (Fsp3) is 0.905. The molecule has 0 aliphatic carbocycles. The predicted molar refractivity (Wildman–Crippen MR) is 99.0 cm³/mol. The van der Waals surface area contributed by atoms with Crippen LogP contribution in [0.3, 0.4) is 0 Å². The van der Waals surface area contributed by atoms with Crippen molar-refractivity contribution in [2.75, 3.05) is 0 Å². The molecule has 0 fully saturated rings. The lowest BCUT2D eigenvalue weighted by atomic mass is 10.0. The first-order valence-corrected chi connectivity index (χ1v) is 9.96. The van der Waals surface area contributed by atoms with Gasteiger partial charge in [-0.3, -0.25) is 0 Å². The van der Waals surface area contributed by atoms with Gasteiger partial charge in [0.05, 0.1) is 0 Å². The molecule has 0 saturated heterocycles. The molecule has 126 valence electrons. The van der Waals surface area contributed by atoms with Crippen LogP contribution < -0.4 is 0 Å². The van der Waals surface area contributed by atoms with Crippen LogP contribution in [0.15, 0.2) is 11.6 Å². The summed E-state index contributed by atoms with van der Waals surface area (Å²) in [5.74, 6) is 0. The first-order chi connectivity index (χ1) is 10.3. The molecule has 0 aromatic carbocycles. The van der Waals surface area contributed by atoms with Crippen molar-refractivity contribution in [1.82, 2.24) is 0 Å². The number of rotatable bonds is 16. The van der Waals surface area contributed by atoms with E-state index in [9.17, 15) is 0 Å². The molecule has 0 rings (SSSR count). The van der Waals surface area contributed by atoms with Crippen molar-refractivity contribution < 1.29 is 0 Å². The quantitative estimate of drug-likeness (QED) is 0.199. The Hall–Kier alpha value is -0.260. The van der Waals surface area contributed by atoms with Gasteiger partial charge in [-0.2, -0.15) is 0 Å². The van der Waals surface area contributed by atoms with Gasteiger partial charge < -0.3 is 0 Å². The summed E-state index contributed by atoms with van der Waals surface area (Å²) in [6, 6.07) is 0. The Kier molecular flexibility index (Phi) is 17.6. The van der Waals surface area contributed by atoms with Gasteiger partial charge in [-0.25, -0.2) is 0 Å². The van der Waals surface area contributed by atoms with E-state index in [1.54, 1.807) is 5.57 Å². The molecule has 0 atom stereocenters. The highest BCUT2D eigenvalue weighted by molar-refractivity contribution is 4.97. The zero-order valence-electron chi connectivity index (χ0n) is 15.4. The van der Waals surface area contributed by atoms with Crippen molar-refractivity contribution in [2.45, 2.75) is 124 Å². The Bertz CT molecular complexity index is 214. The summed E-state index contributed by atoms with van der Waals surface area (Å²) in [6.07, 6.45) is 25.1. The van der Waals surface area contributed by atoms with Crippen LogP contribution >= 0.6 is 0 Å². The number of allylic oxidation sites excluding steroid dienone is 2. The number of hydrogen-bond acceptors (Lipinski definition) is 0. The first kappa shape index (κ1) is 20.7. The molecule has 0 aliphatic heterocycles. The topological polar surface area (TPSA) is 0 Å². The van der Waals surface area contributed by atoms with Gasteiger partial charge in [0.1, 0.15) is 0 Å². The monoisotopic (exact) mass is 294 g/mol. The van der Waals surface area contributed by atoms with Gasteiger partial charge in [-0.15, -0.1) is 0 Å². The largest absolute Gasteiger partial charge is 0.0856 e. The molecule has 0 radical (unpaired) electrons. The third-order valence-electron chi connectivity index (χ3n) is 4.48. The van der Waals surface area contributed by atoms with E-state index in [0.717, 1.165) is 0 Å². The molecular weight excluding hydrogens is 252 g/mol. The van der Waals surface area contributed by atoms with E-state index < -0.39 is 0 Å². The predicted octanol–water partition coefficient (Wildman–Crippen LogP) is 8.21. The first-order valence-electron chi connectivity index (χ1n) is 9.96. The molecular formula is C21H42. The summed E-state index contributed by atoms with van der Waals surface area (Å²) in [5, 5.41) is 0. The van der Waals surface area contributed by atoms with Gasteiger partial charge >= 0.3 is 0 Å². The highest BCUT2D eigenvalue weighted by Gasteiger charge is 1.94. The lowest BCUT2D eigenvalue weighted by Crippen LogP contribution is -1.83. The third-order valence-corrected chi connectivity index (χ3v) is 4.48. The molecule has 0 heteroatoms. The van der Waals surface area contributed by atoms with Gasteiger partial charge in [-0.05, 0) is 32.6 Å². The maximum absolute atomic E-state index is 2.50. The summed E-state index contributed by atoms with van der Waals surface area (Å²) < 4.78 is 0. The minimum Gasteiger partial charge on any atom is -0.0856 e. The second kappa shape index (κ2) is 17.8. The van der Waals surface area contributed by atoms with E-state index in [1.807, 2.05) is 0 Å². The summed E-state index contributed by atoms with van der Waals surface area (Å²) >= 11 is 0. The van der Waals surface area contributed by atoms with Crippen LogP contribution in [0.2, 0.25) is 0 Å². The Morgan fingerprint density at radius 3 is 1.52 bits per heavy atom. The number of hydrogen-bond donors (Lipinski definition) is 0. The summed E-state index contributed by atoms with van der Waals surface area (Å²) in [7, 11) is 0. The van der Waals surface area contributed by atoms with Crippen molar-refractivity contribution >= 4 is 0 Å². The standard InChI is InChI=1S/C21H42/c1-4-6-8-10-12-13-14-16-18-20-21(3)19-17-15-11-9-7-5-2/h20H,4-19H2,1-3H3. The Morgan fingerprint density at radius 1 is 0.571 bits per heavy atom. The molecule has 0 bridgehead atoms. The minimum absolute atomic E-state index is 1.32. The zero-order valence-corrected chi connectivity index (χ0v) is 15.4. The molecule has 0 nitrogen and oxygen atoms in total. The Morgan fingerprint density at radius 2 is 1.00 bits per heavy atom. The molecule has 0 heterocycles. The molecule has 0 aliphatic rings. The van der Waals surface area contributed by atoms with Gasteiger partial charge in [0.25, 0.3) is 0 Å². The van der Waals surface area contributed by atoms with Crippen LogP contribution in [0, 0.1) is 0 Å². The normalized spacial score (nSPS) is 12.0. The van der Waals surface area contributed by atoms with Gasteiger partial charge in [0, 0.05) is 0 Å². The van der Waals surface area contributed by atoms with Crippen molar-refractivity contribution in [3.63, 3.8) is 0 Å². The highest BCUT2D eigenvalue weighted by atomic mass is 14.0. The molecule has 21 heavy (non-hydrogen) atoms. The molecule has 0 aromatic heterocycles. The van der Waals surface area contributed by atoms with E-state index >= 15 is 0 Å². The van der Waals surface area contributed by atoms with E-state index in [0.29, 0.717) is 0 Å². The average Bonchev–Trinajstić information content (AvgIpc) is 2.49. The second-order valence-corrected chi connectivity index (χ2v) is 6.83. The summed E-state index contributed by atoms with van der Waals surface area (Å²) in [6.45, 7) is 6.91. The van der Waals surface area contributed by atoms with Crippen molar-refractivity contribution in [3.8, 4) is 0 Å². The van der Waals surface area contributed by atoms with E-state index in [4.69, 9.17) is 0 Å². The fourth-order valence-corrected chi connectivity index (χ4v) is 2.91. The molecule has 0 amide bonds. The van der Waals surface area contributed by atoms with Crippen LogP contribution in [-0.4, -0.2) is 0 Å². The number of unbranched alkanes of at least 4 members (excludes halogenated alkanes) is 13. The SMILES string of the molecule is CCCCCCCCCCC=C(C)CCCCCCCC. The lowest BCUT2D eigenvalue weighted by molar-refractivity contribution is 0.576. The lowest BCUT2D eigenvalue weighted by Gasteiger charge is -2.03. The average molecular weight is 295 g/mol. The fourth-order valence-electron chi connectivity index (χ4n) is 2.91. The van der Waals surface area contributed by atoms with Crippen molar-refractivity contribution in [1.29, 1.82) is 0 Å². The van der Waals surface area contributed by atoms with E-state index in [2.05, 4.69) is 26.8 Å². The Labute approximate surface area is 135 Å². The smallest absolute Gasteiger partial charge is 0.0323 e. The van der Waals surface area contributed by atoms with Gasteiger partial charge in [0.15, 0.2) is 0 Å². The molecule has 0 saturated carbocycles. The third kappa shape index (κ3) is 17.7. The highest BCUT2D eigenvalue weighted by Crippen LogP contribution is 2.14. The zero-order chi connectivity index (χ0) is 15.6. The van der Waals surface area contributed by atoms with Crippen LogP contribution in [0.1, 0.15) is 124 Å².